The quantitative estimate of drug-likeness (QED) is 0.820. The Balaban J connectivity index is 1.57. The molecule has 0 spiro atoms. The van der Waals surface area contributed by atoms with Crippen LogP contribution in [0.1, 0.15) is 24.0 Å². The minimum atomic E-state index is -4.50. The van der Waals surface area contributed by atoms with Crippen LogP contribution in [-0.2, 0) is 25.9 Å². The normalized spacial score (nSPS) is 15.2. The minimum absolute atomic E-state index is 0.00920. The smallest absolute Gasteiger partial charge is 0.416 e. The van der Waals surface area contributed by atoms with E-state index >= 15 is 0 Å². The SMILES string of the molecule is O=C(COC(=O)C1(c2ccccc2)CC1)Nc1cccc(C(F)(F)F)c1. The van der Waals surface area contributed by atoms with Crippen molar-refractivity contribution < 1.29 is 27.5 Å². The fourth-order valence-electron chi connectivity index (χ4n) is 2.73. The van der Waals surface area contributed by atoms with E-state index in [1.807, 2.05) is 30.3 Å². The van der Waals surface area contributed by atoms with E-state index in [9.17, 15) is 22.8 Å². The van der Waals surface area contributed by atoms with Crippen molar-refractivity contribution in [1.29, 1.82) is 0 Å². The lowest BCUT2D eigenvalue weighted by Crippen LogP contribution is -2.28. The summed E-state index contributed by atoms with van der Waals surface area (Å²) in [6.07, 6.45) is -3.21. The number of alkyl halides is 3. The van der Waals surface area contributed by atoms with Gasteiger partial charge in [0.05, 0.1) is 11.0 Å². The van der Waals surface area contributed by atoms with Crippen LogP contribution < -0.4 is 5.32 Å². The molecule has 0 aromatic heterocycles. The third-order valence-electron chi connectivity index (χ3n) is 4.28. The number of carbonyl (C=O) groups is 2. The maximum atomic E-state index is 12.7. The van der Waals surface area contributed by atoms with Crippen molar-refractivity contribution in [2.75, 3.05) is 11.9 Å². The standard InChI is InChI=1S/C19H16F3NO3/c20-19(21,22)14-7-4-8-15(11-14)23-16(24)12-26-17(25)18(9-10-18)13-5-2-1-3-6-13/h1-8,11H,9-10,12H2,(H,23,24). The maximum absolute atomic E-state index is 12.7. The molecule has 1 saturated carbocycles. The highest BCUT2D eigenvalue weighted by molar-refractivity contribution is 5.94. The highest BCUT2D eigenvalue weighted by Crippen LogP contribution is 2.49. The predicted octanol–water partition coefficient (Wildman–Crippen LogP) is 3.92. The maximum Gasteiger partial charge on any atom is 0.416 e. The molecule has 136 valence electrons. The van der Waals surface area contributed by atoms with E-state index in [1.165, 1.54) is 12.1 Å². The molecule has 7 heteroatoms. The first-order valence-electron chi connectivity index (χ1n) is 8.01. The van der Waals surface area contributed by atoms with Gasteiger partial charge in [-0.25, -0.2) is 0 Å². The topological polar surface area (TPSA) is 55.4 Å². The van der Waals surface area contributed by atoms with Crippen LogP contribution in [0, 0.1) is 0 Å². The van der Waals surface area contributed by atoms with E-state index in [0.29, 0.717) is 12.8 Å². The van der Waals surface area contributed by atoms with Crippen LogP contribution in [0.25, 0.3) is 0 Å². The highest BCUT2D eigenvalue weighted by atomic mass is 19.4. The summed E-state index contributed by atoms with van der Waals surface area (Å²) in [7, 11) is 0. The van der Waals surface area contributed by atoms with Crippen molar-refractivity contribution in [2.45, 2.75) is 24.4 Å². The van der Waals surface area contributed by atoms with E-state index in [-0.39, 0.29) is 5.69 Å². The van der Waals surface area contributed by atoms with Gasteiger partial charge in [-0.05, 0) is 36.6 Å². The molecule has 1 aliphatic rings. The Kier molecular flexibility index (Phi) is 4.71. The molecule has 0 unspecified atom stereocenters. The number of nitrogens with one attached hydrogen (secondary N) is 1. The number of carbonyl (C=O) groups excluding carboxylic acids is 2. The molecule has 1 aliphatic carbocycles. The monoisotopic (exact) mass is 363 g/mol. The van der Waals surface area contributed by atoms with E-state index in [4.69, 9.17) is 4.74 Å². The number of ether oxygens (including phenoxy) is 1. The van der Waals surface area contributed by atoms with E-state index in [2.05, 4.69) is 5.32 Å². The number of halogens is 3. The summed E-state index contributed by atoms with van der Waals surface area (Å²) in [6.45, 7) is -0.552. The third kappa shape index (κ3) is 3.87. The first kappa shape index (κ1) is 18.0. The summed E-state index contributed by atoms with van der Waals surface area (Å²) < 4.78 is 43.1. The molecule has 0 radical (unpaired) electrons. The van der Waals surface area contributed by atoms with E-state index in [1.54, 1.807) is 0 Å². The second kappa shape index (κ2) is 6.82. The summed E-state index contributed by atoms with van der Waals surface area (Å²) in [6, 6.07) is 13.4. The fourth-order valence-corrected chi connectivity index (χ4v) is 2.73. The zero-order valence-electron chi connectivity index (χ0n) is 13.7. The molecule has 1 fully saturated rings. The first-order valence-corrected chi connectivity index (χ1v) is 8.01. The van der Waals surface area contributed by atoms with Crippen molar-refractivity contribution >= 4 is 17.6 Å². The molecular weight excluding hydrogens is 347 g/mol. The lowest BCUT2D eigenvalue weighted by Gasteiger charge is -2.15. The Bertz CT molecular complexity index is 814. The molecular formula is C19H16F3NO3. The molecule has 4 nitrogen and oxygen atoms in total. The van der Waals surface area contributed by atoms with Gasteiger partial charge in [0.2, 0.25) is 0 Å². The summed E-state index contributed by atoms with van der Waals surface area (Å²) >= 11 is 0. The Morgan fingerprint density at radius 3 is 2.35 bits per heavy atom. The van der Waals surface area contributed by atoms with Gasteiger partial charge in [0.15, 0.2) is 6.61 Å². The van der Waals surface area contributed by atoms with E-state index < -0.39 is 35.6 Å². The van der Waals surface area contributed by atoms with Crippen LogP contribution in [0.5, 0.6) is 0 Å². The molecule has 1 N–H and O–H groups in total. The van der Waals surface area contributed by atoms with Gasteiger partial charge >= 0.3 is 12.1 Å². The molecule has 0 heterocycles. The van der Waals surface area contributed by atoms with Crippen LogP contribution in [0.15, 0.2) is 54.6 Å². The second-order valence-corrected chi connectivity index (χ2v) is 6.15. The highest BCUT2D eigenvalue weighted by Gasteiger charge is 2.52. The first-order chi connectivity index (χ1) is 12.3. The average molecular weight is 363 g/mol. The number of hydrogen-bond acceptors (Lipinski definition) is 3. The van der Waals surface area contributed by atoms with Crippen molar-refractivity contribution in [3.05, 3.63) is 65.7 Å². The van der Waals surface area contributed by atoms with Crippen molar-refractivity contribution in [1.82, 2.24) is 0 Å². The zero-order valence-corrected chi connectivity index (χ0v) is 13.7. The third-order valence-corrected chi connectivity index (χ3v) is 4.28. The zero-order chi connectivity index (χ0) is 18.8. The van der Waals surface area contributed by atoms with Crippen LogP contribution in [0.3, 0.4) is 0 Å². The lowest BCUT2D eigenvalue weighted by molar-refractivity contribution is -0.150. The van der Waals surface area contributed by atoms with Crippen molar-refractivity contribution in [3.63, 3.8) is 0 Å². The van der Waals surface area contributed by atoms with Gasteiger partial charge in [-0.3, -0.25) is 9.59 Å². The molecule has 1 amide bonds. The van der Waals surface area contributed by atoms with Crippen molar-refractivity contribution in [2.24, 2.45) is 0 Å². The summed E-state index contributed by atoms with van der Waals surface area (Å²) in [4.78, 5) is 24.2. The van der Waals surface area contributed by atoms with Gasteiger partial charge in [-0.2, -0.15) is 13.2 Å². The van der Waals surface area contributed by atoms with Gasteiger partial charge in [0, 0.05) is 5.69 Å². The number of amides is 1. The number of benzene rings is 2. The van der Waals surface area contributed by atoms with Crippen LogP contribution in [0.4, 0.5) is 18.9 Å². The van der Waals surface area contributed by atoms with Gasteiger partial charge in [-0.15, -0.1) is 0 Å². The Hall–Kier alpha value is -2.83. The van der Waals surface area contributed by atoms with Gasteiger partial charge < -0.3 is 10.1 Å². The molecule has 3 rings (SSSR count). The average Bonchev–Trinajstić information content (AvgIpc) is 3.42. The molecule has 2 aromatic carbocycles. The summed E-state index contributed by atoms with van der Waals surface area (Å²) in [5.74, 6) is -1.19. The Morgan fingerprint density at radius 2 is 1.73 bits per heavy atom. The Labute approximate surface area is 148 Å². The number of esters is 1. The van der Waals surface area contributed by atoms with Gasteiger partial charge in [0.25, 0.3) is 5.91 Å². The molecule has 0 bridgehead atoms. The van der Waals surface area contributed by atoms with Crippen LogP contribution >= 0.6 is 0 Å². The second-order valence-electron chi connectivity index (χ2n) is 6.15. The van der Waals surface area contributed by atoms with Crippen LogP contribution in [0.2, 0.25) is 0 Å². The fraction of sp³-hybridized carbons (Fsp3) is 0.263. The molecule has 26 heavy (non-hydrogen) atoms. The number of rotatable bonds is 5. The minimum Gasteiger partial charge on any atom is -0.455 e. The Morgan fingerprint density at radius 1 is 1.04 bits per heavy atom. The van der Waals surface area contributed by atoms with Gasteiger partial charge in [0.1, 0.15) is 0 Å². The lowest BCUT2D eigenvalue weighted by atomic mass is 9.96. The van der Waals surface area contributed by atoms with Crippen LogP contribution in [-0.4, -0.2) is 18.5 Å². The molecule has 0 aliphatic heterocycles. The number of hydrogen-bond donors (Lipinski definition) is 1. The van der Waals surface area contributed by atoms with Crippen molar-refractivity contribution in [3.8, 4) is 0 Å². The summed E-state index contributed by atoms with van der Waals surface area (Å²) in [5, 5.41) is 2.31. The van der Waals surface area contributed by atoms with E-state index in [0.717, 1.165) is 17.7 Å². The predicted molar refractivity (Wildman–Crippen MR) is 88.4 cm³/mol. The van der Waals surface area contributed by atoms with Gasteiger partial charge in [-0.1, -0.05) is 36.4 Å². The molecule has 0 atom stereocenters. The number of anilines is 1. The summed E-state index contributed by atoms with van der Waals surface area (Å²) in [5.41, 5.74) is -0.751. The molecule has 0 saturated heterocycles. The largest absolute Gasteiger partial charge is 0.455 e. The molecule has 2 aromatic rings.